The number of rotatable bonds is 4. The highest BCUT2D eigenvalue weighted by Crippen LogP contribution is 2.28. The van der Waals surface area contributed by atoms with Crippen LogP contribution in [0.3, 0.4) is 0 Å². The minimum absolute atomic E-state index is 0.00174. The molecule has 0 radical (unpaired) electrons. The molecule has 1 saturated heterocycles. The van der Waals surface area contributed by atoms with Crippen LogP contribution in [0.4, 0.5) is 5.69 Å². The van der Waals surface area contributed by atoms with E-state index in [0.717, 1.165) is 12.8 Å². The molecule has 134 valence electrons. The maximum Gasteiger partial charge on any atom is 0.264 e. The first-order valence-electron chi connectivity index (χ1n) is 8.06. The van der Waals surface area contributed by atoms with E-state index in [9.17, 15) is 13.2 Å². The van der Waals surface area contributed by atoms with Gasteiger partial charge in [0.25, 0.3) is 15.9 Å². The smallest absolute Gasteiger partial charge is 0.264 e. The van der Waals surface area contributed by atoms with Gasteiger partial charge in [0.05, 0.1) is 11.3 Å². The van der Waals surface area contributed by atoms with E-state index in [4.69, 9.17) is 11.6 Å². The van der Waals surface area contributed by atoms with Crippen LogP contribution in [0.1, 0.15) is 34.6 Å². The Balaban J connectivity index is 2.02. The fourth-order valence-corrected chi connectivity index (χ4v) is 4.88. The fraction of sp³-hybridized carbons (Fsp3) is 0.353. The van der Waals surface area contributed by atoms with Gasteiger partial charge in [-0.1, -0.05) is 17.7 Å². The number of sulfonamides is 1. The summed E-state index contributed by atoms with van der Waals surface area (Å²) < 4.78 is 28.4. The molecule has 6 nitrogen and oxygen atoms in total. The molecule has 2 N–H and O–H groups in total. The van der Waals surface area contributed by atoms with Crippen LogP contribution in [-0.4, -0.2) is 37.3 Å². The number of amides is 1. The summed E-state index contributed by atoms with van der Waals surface area (Å²) in [7, 11) is -3.93. The lowest BCUT2D eigenvalue weighted by molar-refractivity contribution is 0.0788. The topological polar surface area (TPSA) is 82.3 Å². The molecule has 25 heavy (non-hydrogen) atoms. The van der Waals surface area contributed by atoms with Crippen molar-refractivity contribution in [2.75, 3.05) is 17.8 Å². The van der Waals surface area contributed by atoms with Gasteiger partial charge in [0.1, 0.15) is 4.90 Å². The lowest BCUT2D eigenvalue weighted by Gasteiger charge is -2.17. The van der Waals surface area contributed by atoms with E-state index in [1.54, 1.807) is 36.9 Å². The summed E-state index contributed by atoms with van der Waals surface area (Å²) >= 11 is 5.92. The van der Waals surface area contributed by atoms with E-state index >= 15 is 0 Å². The normalized spacial score (nSPS) is 14.8. The molecule has 1 aliphatic heterocycles. The molecular formula is C17H20ClN3O3S. The Morgan fingerprint density at radius 1 is 1.20 bits per heavy atom. The fourth-order valence-electron chi connectivity index (χ4n) is 3.19. The largest absolute Gasteiger partial charge is 0.361 e. The van der Waals surface area contributed by atoms with Crippen molar-refractivity contribution in [3.05, 3.63) is 46.2 Å². The van der Waals surface area contributed by atoms with Gasteiger partial charge in [-0.25, -0.2) is 8.42 Å². The highest BCUT2D eigenvalue weighted by molar-refractivity contribution is 7.92. The third-order valence-corrected chi connectivity index (χ3v) is 6.06. The van der Waals surface area contributed by atoms with Crippen LogP contribution in [-0.2, 0) is 10.0 Å². The SMILES string of the molecule is Cc1[nH]c(C)c(S(=O)(=O)Nc2cccc(Cl)c2)c1C(=O)N1CCCC1. The standard InChI is InChI=1S/C17H20ClN3O3S/c1-11-15(17(22)21-8-3-4-9-21)16(12(2)19-11)25(23,24)20-14-7-5-6-13(18)10-14/h5-7,10,19-20H,3-4,8-9H2,1-2H3. The monoisotopic (exact) mass is 381 g/mol. The number of hydrogen-bond donors (Lipinski definition) is 2. The minimum Gasteiger partial charge on any atom is -0.361 e. The van der Waals surface area contributed by atoms with Gasteiger partial charge >= 0.3 is 0 Å². The van der Waals surface area contributed by atoms with Gasteiger partial charge in [-0.2, -0.15) is 0 Å². The van der Waals surface area contributed by atoms with Crippen molar-refractivity contribution in [2.45, 2.75) is 31.6 Å². The molecule has 0 saturated carbocycles. The Kier molecular flexibility index (Phi) is 4.79. The van der Waals surface area contributed by atoms with Crippen LogP contribution in [0.25, 0.3) is 0 Å². The van der Waals surface area contributed by atoms with Crippen molar-refractivity contribution in [1.29, 1.82) is 0 Å². The molecule has 0 spiro atoms. The molecule has 1 aromatic carbocycles. The predicted molar refractivity (Wildman–Crippen MR) is 97.7 cm³/mol. The van der Waals surface area contributed by atoms with Crippen molar-refractivity contribution >= 4 is 33.2 Å². The molecule has 8 heteroatoms. The van der Waals surface area contributed by atoms with Crippen LogP contribution >= 0.6 is 11.6 Å². The van der Waals surface area contributed by atoms with Crippen molar-refractivity contribution < 1.29 is 13.2 Å². The first kappa shape index (κ1) is 17.8. The zero-order valence-corrected chi connectivity index (χ0v) is 15.7. The lowest BCUT2D eigenvalue weighted by Crippen LogP contribution is -2.29. The summed E-state index contributed by atoms with van der Waals surface area (Å²) in [4.78, 5) is 17.5. The Hall–Kier alpha value is -1.99. The van der Waals surface area contributed by atoms with E-state index < -0.39 is 10.0 Å². The van der Waals surface area contributed by atoms with E-state index in [1.807, 2.05) is 0 Å². The Bertz CT molecular complexity index is 915. The molecule has 1 aromatic heterocycles. The quantitative estimate of drug-likeness (QED) is 0.852. The van der Waals surface area contributed by atoms with Gasteiger partial charge in [-0.15, -0.1) is 0 Å². The van der Waals surface area contributed by atoms with Crippen LogP contribution in [0.5, 0.6) is 0 Å². The van der Waals surface area contributed by atoms with Crippen LogP contribution in [0, 0.1) is 13.8 Å². The van der Waals surface area contributed by atoms with E-state index in [2.05, 4.69) is 9.71 Å². The Labute approximate surface area is 152 Å². The maximum atomic E-state index is 12.9. The third kappa shape index (κ3) is 3.52. The van der Waals surface area contributed by atoms with Gasteiger partial charge < -0.3 is 9.88 Å². The summed E-state index contributed by atoms with van der Waals surface area (Å²) in [5.74, 6) is -0.245. The van der Waals surface area contributed by atoms with E-state index in [-0.39, 0.29) is 16.4 Å². The number of nitrogens with one attached hydrogen (secondary N) is 2. The van der Waals surface area contributed by atoms with Gasteiger partial charge in [-0.05, 0) is 44.9 Å². The number of benzene rings is 1. The molecule has 1 amide bonds. The number of H-pyrrole nitrogens is 1. The highest BCUT2D eigenvalue weighted by atomic mass is 35.5. The number of likely N-dealkylation sites (tertiary alicyclic amines) is 1. The molecule has 0 unspecified atom stereocenters. The number of anilines is 1. The molecule has 2 heterocycles. The van der Waals surface area contributed by atoms with Crippen molar-refractivity contribution in [3.63, 3.8) is 0 Å². The van der Waals surface area contributed by atoms with Crippen molar-refractivity contribution in [3.8, 4) is 0 Å². The van der Waals surface area contributed by atoms with Crippen LogP contribution in [0.2, 0.25) is 5.02 Å². The average molecular weight is 382 g/mol. The molecule has 0 bridgehead atoms. The number of hydrogen-bond acceptors (Lipinski definition) is 3. The Morgan fingerprint density at radius 2 is 1.88 bits per heavy atom. The van der Waals surface area contributed by atoms with Crippen LogP contribution < -0.4 is 4.72 Å². The number of nitrogens with zero attached hydrogens (tertiary/aromatic N) is 1. The first-order chi connectivity index (χ1) is 11.8. The number of carbonyl (C=O) groups excluding carboxylic acids is 1. The number of halogens is 1. The summed E-state index contributed by atoms with van der Waals surface area (Å²) in [6, 6.07) is 6.45. The third-order valence-electron chi connectivity index (χ3n) is 4.27. The molecule has 1 aliphatic rings. The second kappa shape index (κ2) is 6.72. The van der Waals surface area contributed by atoms with Gasteiger partial charge in [0.15, 0.2) is 0 Å². The van der Waals surface area contributed by atoms with Crippen LogP contribution in [0.15, 0.2) is 29.2 Å². The molecular weight excluding hydrogens is 362 g/mol. The summed E-state index contributed by atoms with van der Waals surface area (Å²) in [6.07, 6.45) is 1.88. The minimum atomic E-state index is -3.93. The van der Waals surface area contributed by atoms with Gasteiger partial charge in [-0.3, -0.25) is 9.52 Å². The average Bonchev–Trinajstić information content (AvgIpc) is 3.14. The highest BCUT2D eigenvalue weighted by Gasteiger charge is 2.32. The lowest BCUT2D eigenvalue weighted by atomic mass is 10.2. The predicted octanol–water partition coefficient (Wildman–Crippen LogP) is 3.32. The molecule has 3 rings (SSSR count). The van der Waals surface area contributed by atoms with Crippen molar-refractivity contribution in [2.24, 2.45) is 0 Å². The number of aromatic nitrogens is 1. The summed E-state index contributed by atoms with van der Waals surface area (Å²) in [5.41, 5.74) is 1.56. The van der Waals surface area contributed by atoms with E-state index in [0.29, 0.717) is 35.2 Å². The second-order valence-electron chi connectivity index (χ2n) is 6.19. The maximum absolute atomic E-state index is 12.9. The van der Waals surface area contributed by atoms with Gasteiger partial charge in [0.2, 0.25) is 0 Å². The zero-order valence-electron chi connectivity index (χ0n) is 14.1. The first-order valence-corrected chi connectivity index (χ1v) is 9.92. The Morgan fingerprint density at radius 3 is 2.52 bits per heavy atom. The number of aromatic amines is 1. The second-order valence-corrected chi connectivity index (χ2v) is 8.25. The van der Waals surface area contributed by atoms with E-state index in [1.165, 1.54) is 6.07 Å². The van der Waals surface area contributed by atoms with Crippen molar-refractivity contribution in [1.82, 2.24) is 9.88 Å². The molecule has 1 fully saturated rings. The van der Waals surface area contributed by atoms with Gasteiger partial charge in [0, 0.05) is 29.5 Å². The molecule has 2 aromatic rings. The molecule has 0 aliphatic carbocycles. The summed E-state index contributed by atoms with van der Waals surface area (Å²) in [6.45, 7) is 4.68. The zero-order chi connectivity index (χ0) is 18.2. The number of aryl methyl sites for hydroxylation is 2. The number of carbonyl (C=O) groups is 1. The summed E-state index contributed by atoms with van der Waals surface area (Å²) in [5, 5.41) is 0.426. The molecule has 0 atom stereocenters.